The molecule has 0 aromatic carbocycles. The van der Waals surface area contributed by atoms with E-state index in [1.165, 1.54) is 19.4 Å². The third kappa shape index (κ3) is 3.03. The maximum Gasteiger partial charge on any atom is 0.0378 e. The van der Waals surface area contributed by atoms with Crippen LogP contribution in [0.25, 0.3) is 0 Å². The highest BCUT2D eigenvalue weighted by Crippen LogP contribution is 2.22. The molecule has 2 heteroatoms. The first-order valence-corrected chi connectivity index (χ1v) is 5.23. The van der Waals surface area contributed by atoms with Crippen molar-refractivity contribution in [2.24, 2.45) is 5.92 Å². The van der Waals surface area contributed by atoms with Gasteiger partial charge in [-0.3, -0.25) is 4.90 Å². The number of hydrogen-bond acceptors (Lipinski definition) is 2. The van der Waals surface area contributed by atoms with Gasteiger partial charge < -0.3 is 5.32 Å². The van der Waals surface area contributed by atoms with Crippen LogP contribution in [0.1, 0.15) is 26.7 Å². The SMILES string of the molecule is C=C(CN1CCC(C)CC1C)NC. The molecule has 1 aliphatic heterocycles. The van der Waals surface area contributed by atoms with Crippen molar-refractivity contribution in [3.63, 3.8) is 0 Å². The summed E-state index contributed by atoms with van der Waals surface area (Å²) in [4.78, 5) is 2.51. The summed E-state index contributed by atoms with van der Waals surface area (Å²) < 4.78 is 0. The predicted octanol–water partition coefficient (Wildman–Crippen LogP) is 1.84. The van der Waals surface area contributed by atoms with E-state index in [2.05, 4.69) is 30.6 Å². The van der Waals surface area contributed by atoms with Crippen LogP contribution in [-0.2, 0) is 0 Å². The second-order valence-electron chi connectivity index (χ2n) is 4.30. The number of likely N-dealkylation sites (tertiary alicyclic amines) is 1. The Kier molecular flexibility index (Phi) is 3.79. The lowest BCUT2D eigenvalue weighted by atomic mass is 9.93. The molecule has 2 atom stereocenters. The summed E-state index contributed by atoms with van der Waals surface area (Å²) in [6.07, 6.45) is 2.67. The van der Waals surface area contributed by atoms with Gasteiger partial charge in [-0.1, -0.05) is 13.5 Å². The summed E-state index contributed by atoms with van der Waals surface area (Å²) in [5.74, 6) is 0.897. The molecule has 1 fully saturated rings. The largest absolute Gasteiger partial charge is 0.391 e. The molecule has 0 spiro atoms. The number of hydrogen-bond donors (Lipinski definition) is 1. The number of rotatable bonds is 3. The number of piperidine rings is 1. The zero-order chi connectivity index (χ0) is 9.84. The minimum Gasteiger partial charge on any atom is -0.391 e. The smallest absolute Gasteiger partial charge is 0.0378 e. The molecule has 0 radical (unpaired) electrons. The second-order valence-corrected chi connectivity index (χ2v) is 4.30. The van der Waals surface area contributed by atoms with E-state index in [9.17, 15) is 0 Å². The van der Waals surface area contributed by atoms with Crippen LogP contribution in [0.4, 0.5) is 0 Å². The lowest BCUT2D eigenvalue weighted by Gasteiger charge is -2.36. The second kappa shape index (κ2) is 4.66. The quantitative estimate of drug-likeness (QED) is 0.716. The van der Waals surface area contributed by atoms with Crippen molar-refractivity contribution in [2.75, 3.05) is 20.1 Å². The predicted molar refractivity (Wildman–Crippen MR) is 57.6 cm³/mol. The third-order valence-electron chi connectivity index (χ3n) is 3.02. The highest BCUT2D eigenvalue weighted by atomic mass is 15.2. The molecule has 2 unspecified atom stereocenters. The number of nitrogens with zero attached hydrogens (tertiary/aromatic N) is 1. The van der Waals surface area contributed by atoms with Gasteiger partial charge in [0, 0.05) is 25.3 Å². The van der Waals surface area contributed by atoms with Gasteiger partial charge in [0.2, 0.25) is 0 Å². The molecule has 13 heavy (non-hydrogen) atoms. The van der Waals surface area contributed by atoms with E-state index in [-0.39, 0.29) is 0 Å². The fourth-order valence-corrected chi connectivity index (χ4v) is 2.01. The van der Waals surface area contributed by atoms with Crippen LogP contribution in [-0.4, -0.2) is 31.1 Å². The molecule has 0 aromatic rings. The van der Waals surface area contributed by atoms with Gasteiger partial charge in [0.1, 0.15) is 0 Å². The standard InChI is InChI=1S/C11H22N2/c1-9-5-6-13(11(3)7-9)8-10(2)12-4/h9,11-12H,2,5-8H2,1,3-4H3. The molecule has 1 aliphatic rings. The Morgan fingerprint density at radius 3 is 2.77 bits per heavy atom. The Morgan fingerprint density at radius 2 is 2.23 bits per heavy atom. The summed E-state index contributed by atoms with van der Waals surface area (Å²) in [7, 11) is 1.94. The Hall–Kier alpha value is -0.500. The fourth-order valence-electron chi connectivity index (χ4n) is 2.01. The van der Waals surface area contributed by atoms with Crippen molar-refractivity contribution in [1.82, 2.24) is 10.2 Å². The van der Waals surface area contributed by atoms with Gasteiger partial charge in [0.15, 0.2) is 0 Å². The van der Waals surface area contributed by atoms with Gasteiger partial charge in [-0.2, -0.15) is 0 Å². The van der Waals surface area contributed by atoms with Gasteiger partial charge in [-0.15, -0.1) is 0 Å². The molecule has 2 nitrogen and oxygen atoms in total. The van der Waals surface area contributed by atoms with E-state index in [4.69, 9.17) is 0 Å². The molecule has 0 aliphatic carbocycles. The van der Waals surface area contributed by atoms with Crippen molar-refractivity contribution in [3.8, 4) is 0 Å². The fraction of sp³-hybridized carbons (Fsp3) is 0.818. The summed E-state index contributed by atoms with van der Waals surface area (Å²) in [5, 5.41) is 3.11. The summed E-state index contributed by atoms with van der Waals surface area (Å²) in [6, 6.07) is 0.717. The number of likely N-dealkylation sites (N-methyl/N-ethyl adjacent to an activating group) is 1. The van der Waals surface area contributed by atoms with Crippen molar-refractivity contribution in [2.45, 2.75) is 32.7 Å². The first kappa shape index (κ1) is 10.6. The van der Waals surface area contributed by atoms with E-state index in [0.29, 0.717) is 6.04 Å². The molecular formula is C11H22N2. The van der Waals surface area contributed by atoms with E-state index >= 15 is 0 Å². The highest BCUT2D eigenvalue weighted by Gasteiger charge is 2.22. The van der Waals surface area contributed by atoms with Gasteiger partial charge in [-0.25, -0.2) is 0 Å². The van der Waals surface area contributed by atoms with E-state index < -0.39 is 0 Å². The van der Waals surface area contributed by atoms with E-state index in [0.717, 1.165) is 18.2 Å². The minimum absolute atomic E-state index is 0.717. The van der Waals surface area contributed by atoms with Gasteiger partial charge in [0.25, 0.3) is 0 Å². The van der Waals surface area contributed by atoms with Crippen LogP contribution in [0, 0.1) is 5.92 Å². The van der Waals surface area contributed by atoms with Crippen molar-refractivity contribution >= 4 is 0 Å². The van der Waals surface area contributed by atoms with Crippen LogP contribution in [0.5, 0.6) is 0 Å². The molecule has 0 amide bonds. The van der Waals surface area contributed by atoms with Gasteiger partial charge in [-0.05, 0) is 32.2 Å². The van der Waals surface area contributed by atoms with Crippen LogP contribution >= 0.6 is 0 Å². The van der Waals surface area contributed by atoms with Crippen LogP contribution in [0.15, 0.2) is 12.3 Å². The van der Waals surface area contributed by atoms with E-state index in [1.807, 2.05) is 7.05 Å². The van der Waals surface area contributed by atoms with E-state index in [1.54, 1.807) is 0 Å². The Balaban J connectivity index is 2.38. The lowest BCUT2D eigenvalue weighted by molar-refractivity contribution is 0.139. The Morgan fingerprint density at radius 1 is 1.54 bits per heavy atom. The molecule has 1 rings (SSSR count). The molecule has 0 aromatic heterocycles. The van der Waals surface area contributed by atoms with Gasteiger partial charge in [0.05, 0.1) is 0 Å². The van der Waals surface area contributed by atoms with Crippen LogP contribution < -0.4 is 5.32 Å². The summed E-state index contributed by atoms with van der Waals surface area (Å²) in [5.41, 5.74) is 1.13. The zero-order valence-electron chi connectivity index (χ0n) is 9.14. The highest BCUT2D eigenvalue weighted by molar-refractivity contribution is 4.95. The molecule has 76 valence electrons. The average molecular weight is 182 g/mol. The summed E-state index contributed by atoms with van der Waals surface area (Å²) >= 11 is 0. The topological polar surface area (TPSA) is 15.3 Å². The normalized spacial score (nSPS) is 30.1. The first-order valence-electron chi connectivity index (χ1n) is 5.23. The molecule has 1 N–H and O–H groups in total. The molecular weight excluding hydrogens is 160 g/mol. The monoisotopic (exact) mass is 182 g/mol. The molecule has 1 saturated heterocycles. The molecule has 1 heterocycles. The van der Waals surface area contributed by atoms with Crippen LogP contribution in [0.2, 0.25) is 0 Å². The lowest BCUT2D eigenvalue weighted by Crippen LogP contribution is -2.42. The third-order valence-corrected chi connectivity index (χ3v) is 3.02. The van der Waals surface area contributed by atoms with Crippen molar-refractivity contribution in [3.05, 3.63) is 12.3 Å². The Bertz CT molecular complexity index is 177. The van der Waals surface area contributed by atoms with Crippen LogP contribution in [0.3, 0.4) is 0 Å². The molecule has 0 bridgehead atoms. The minimum atomic E-state index is 0.717. The van der Waals surface area contributed by atoms with Crippen molar-refractivity contribution < 1.29 is 0 Å². The Labute approximate surface area is 82.0 Å². The zero-order valence-corrected chi connectivity index (χ0v) is 9.14. The number of nitrogens with one attached hydrogen (secondary N) is 1. The maximum atomic E-state index is 3.97. The average Bonchev–Trinajstić information content (AvgIpc) is 2.09. The molecule has 0 saturated carbocycles. The maximum absolute atomic E-state index is 3.97. The van der Waals surface area contributed by atoms with Crippen molar-refractivity contribution in [1.29, 1.82) is 0 Å². The first-order chi connectivity index (χ1) is 6.13. The summed E-state index contributed by atoms with van der Waals surface area (Å²) in [6.45, 7) is 10.9. The van der Waals surface area contributed by atoms with Gasteiger partial charge >= 0.3 is 0 Å².